The summed E-state index contributed by atoms with van der Waals surface area (Å²) in [6.45, 7) is 11.8. The Morgan fingerprint density at radius 1 is 1.00 bits per heavy atom. The molecule has 0 aliphatic carbocycles. The maximum absolute atomic E-state index is 14.0. The van der Waals surface area contributed by atoms with Gasteiger partial charge >= 0.3 is 0 Å². The molecule has 3 aromatic rings. The zero-order chi connectivity index (χ0) is 27.1. The van der Waals surface area contributed by atoms with Gasteiger partial charge in [0.25, 0.3) is 0 Å². The Bertz CT molecular complexity index is 1520. The molecule has 37 heavy (non-hydrogen) atoms. The number of phenols is 2. The molecule has 0 saturated carbocycles. The van der Waals surface area contributed by atoms with Gasteiger partial charge in [0.05, 0.1) is 18.2 Å². The van der Waals surface area contributed by atoms with Crippen LogP contribution in [0.3, 0.4) is 0 Å². The summed E-state index contributed by atoms with van der Waals surface area (Å²) in [5.41, 5.74) is 3.89. The molecule has 0 bridgehead atoms. The van der Waals surface area contributed by atoms with E-state index in [-0.39, 0.29) is 28.0 Å². The highest BCUT2D eigenvalue weighted by Gasteiger charge is 2.31. The topological polar surface area (TPSA) is 89.1 Å². The highest BCUT2D eigenvalue weighted by atomic mass is 16.5. The van der Waals surface area contributed by atoms with Gasteiger partial charge in [-0.3, -0.25) is 4.79 Å². The highest BCUT2D eigenvalue weighted by Crippen LogP contribution is 2.45. The van der Waals surface area contributed by atoms with Crippen molar-refractivity contribution in [1.29, 1.82) is 0 Å². The van der Waals surface area contributed by atoms with Crippen molar-refractivity contribution < 1.29 is 24.1 Å². The van der Waals surface area contributed by atoms with E-state index in [0.717, 1.165) is 11.1 Å². The first-order valence-corrected chi connectivity index (χ1v) is 12.3. The molecule has 0 spiro atoms. The smallest absolute Gasteiger partial charge is 0.204 e. The minimum atomic E-state index is -0.575. The van der Waals surface area contributed by atoms with E-state index in [4.69, 9.17) is 13.9 Å². The molecule has 0 radical (unpaired) electrons. The van der Waals surface area contributed by atoms with Crippen molar-refractivity contribution in [2.45, 2.75) is 60.0 Å². The number of aromatic hydroxyl groups is 2. The summed E-state index contributed by atoms with van der Waals surface area (Å²) in [5, 5.41) is 22.1. The lowest BCUT2D eigenvalue weighted by Gasteiger charge is -2.30. The number of phenolic OH excluding ortho intramolecular Hbond substituents is 2. The number of rotatable bonds is 6. The van der Waals surface area contributed by atoms with Crippen molar-refractivity contribution in [2.24, 2.45) is 0 Å². The van der Waals surface area contributed by atoms with Gasteiger partial charge in [-0.2, -0.15) is 0 Å². The first-order valence-electron chi connectivity index (χ1n) is 12.3. The molecule has 194 valence electrons. The number of hydrogen-bond acceptors (Lipinski definition) is 6. The lowest BCUT2D eigenvalue weighted by molar-refractivity contribution is 0.157. The normalized spacial score (nSPS) is 13.6. The van der Waals surface area contributed by atoms with E-state index in [1.807, 2.05) is 65.8 Å². The largest absolute Gasteiger partial charge is 0.508 e. The van der Waals surface area contributed by atoms with Crippen molar-refractivity contribution in [3.63, 3.8) is 0 Å². The lowest BCUT2D eigenvalue weighted by Crippen LogP contribution is -2.28. The third-order valence-electron chi connectivity index (χ3n) is 6.45. The third-order valence-corrected chi connectivity index (χ3v) is 6.45. The number of fused-ring (bicyclic) bond motifs is 3. The summed E-state index contributed by atoms with van der Waals surface area (Å²) < 4.78 is 18.0. The molecular weight excluding hydrogens is 468 g/mol. The molecule has 1 aliphatic heterocycles. The Labute approximate surface area is 217 Å². The van der Waals surface area contributed by atoms with Gasteiger partial charge in [0.1, 0.15) is 40.2 Å². The molecule has 2 N–H and O–H groups in total. The Hall–Kier alpha value is -3.93. The summed E-state index contributed by atoms with van der Waals surface area (Å²) in [6, 6.07) is 3.17. The number of methoxy groups -OCH3 is 1. The van der Waals surface area contributed by atoms with Gasteiger partial charge in [0.2, 0.25) is 5.43 Å². The Kier molecular flexibility index (Phi) is 6.96. The summed E-state index contributed by atoms with van der Waals surface area (Å²) in [5.74, 6) is 0.818. The van der Waals surface area contributed by atoms with Crippen molar-refractivity contribution in [2.75, 3.05) is 7.11 Å². The predicted octanol–water partition coefficient (Wildman–Crippen LogP) is 7.08. The van der Waals surface area contributed by atoms with Crippen molar-refractivity contribution in [1.82, 2.24) is 0 Å². The van der Waals surface area contributed by atoms with Crippen LogP contribution in [-0.4, -0.2) is 22.9 Å². The molecular formula is C31H34O6. The Morgan fingerprint density at radius 3 is 2.27 bits per heavy atom. The molecule has 6 heteroatoms. The quantitative estimate of drug-likeness (QED) is 0.350. The minimum absolute atomic E-state index is 0.0779. The van der Waals surface area contributed by atoms with Crippen molar-refractivity contribution in [3.05, 3.63) is 74.7 Å². The van der Waals surface area contributed by atoms with E-state index >= 15 is 0 Å². The molecule has 2 heterocycles. The first kappa shape index (κ1) is 26.1. The molecule has 0 atom stereocenters. The SMILES string of the molecule is COc1c(-c2coc3c4c(c(CC=C(C)C)c(O)c3c2=O)OC(C)(C)C=C4)ccc(O)c1CC=C(C)C. The average Bonchev–Trinajstić information content (AvgIpc) is 2.82. The lowest BCUT2D eigenvalue weighted by atomic mass is 9.93. The molecule has 0 fully saturated rings. The second kappa shape index (κ2) is 9.85. The molecule has 6 nitrogen and oxygen atoms in total. The second-order valence-corrected chi connectivity index (χ2v) is 10.4. The van der Waals surface area contributed by atoms with Crippen LogP contribution in [0.2, 0.25) is 0 Å². The van der Waals surface area contributed by atoms with Crippen molar-refractivity contribution in [3.8, 4) is 34.1 Å². The number of ether oxygens (including phenoxy) is 2. The van der Waals surface area contributed by atoms with Crippen molar-refractivity contribution >= 4 is 17.0 Å². The molecule has 0 unspecified atom stereocenters. The summed E-state index contributed by atoms with van der Waals surface area (Å²) in [7, 11) is 1.50. The maximum atomic E-state index is 14.0. The predicted molar refractivity (Wildman–Crippen MR) is 148 cm³/mol. The van der Waals surface area contributed by atoms with Crippen LogP contribution >= 0.6 is 0 Å². The Balaban J connectivity index is 2.03. The second-order valence-electron chi connectivity index (χ2n) is 10.4. The zero-order valence-corrected chi connectivity index (χ0v) is 22.5. The minimum Gasteiger partial charge on any atom is -0.508 e. The molecule has 4 rings (SSSR count). The van der Waals surface area contributed by atoms with E-state index in [9.17, 15) is 15.0 Å². The molecule has 1 aliphatic rings. The van der Waals surface area contributed by atoms with E-state index in [1.165, 1.54) is 13.4 Å². The number of allylic oxidation sites excluding steroid dienone is 4. The zero-order valence-electron chi connectivity index (χ0n) is 22.5. The summed E-state index contributed by atoms with van der Waals surface area (Å²) in [4.78, 5) is 14.0. The number of hydrogen-bond donors (Lipinski definition) is 2. The van der Waals surface area contributed by atoms with Gasteiger partial charge < -0.3 is 24.1 Å². The first-order chi connectivity index (χ1) is 17.4. The van der Waals surface area contributed by atoms with Crippen LogP contribution in [0.15, 0.2) is 57.0 Å². The van der Waals surface area contributed by atoms with Crippen LogP contribution in [0.25, 0.3) is 28.2 Å². The number of benzene rings is 2. The standard InChI is InChI=1S/C31H34O6/c1-17(2)8-10-20-24(32)13-12-19(28(20)35-7)23-16-36-30-22-14-15-31(5,6)37-29(22)21(11-9-18(3)4)26(33)25(30)27(23)34/h8-9,12-16,32-33H,10-11H2,1-7H3. The van der Waals surface area contributed by atoms with Crippen LogP contribution in [-0.2, 0) is 12.8 Å². The molecule has 2 aromatic carbocycles. The fourth-order valence-corrected chi connectivity index (χ4v) is 4.50. The summed E-state index contributed by atoms with van der Waals surface area (Å²) in [6.07, 6.45) is 9.97. The molecule has 0 saturated heterocycles. The van der Waals surface area contributed by atoms with Gasteiger partial charge in [-0.05, 0) is 78.7 Å². The maximum Gasteiger partial charge on any atom is 0.204 e. The van der Waals surface area contributed by atoms with Gasteiger partial charge in [0, 0.05) is 16.7 Å². The van der Waals surface area contributed by atoms with Crippen LogP contribution < -0.4 is 14.9 Å². The fourth-order valence-electron chi connectivity index (χ4n) is 4.50. The van der Waals surface area contributed by atoms with Crippen LogP contribution in [0.1, 0.15) is 58.2 Å². The molecule has 0 amide bonds. The van der Waals surface area contributed by atoms with Gasteiger partial charge in [-0.25, -0.2) is 0 Å². The average molecular weight is 503 g/mol. The third kappa shape index (κ3) is 4.88. The highest BCUT2D eigenvalue weighted by molar-refractivity contribution is 5.97. The van der Waals surface area contributed by atoms with Crippen LogP contribution in [0.4, 0.5) is 0 Å². The van der Waals surface area contributed by atoms with Gasteiger partial charge in [-0.15, -0.1) is 0 Å². The monoisotopic (exact) mass is 502 g/mol. The van der Waals surface area contributed by atoms with E-state index in [2.05, 4.69) is 0 Å². The van der Waals surface area contributed by atoms with E-state index < -0.39 is 11.0 Å². The van der Waals surface area contributed by atoms with E-state index in [0.29, 0.717) is 46.6 Å². The Morgan fingerprint density at radius 2 is 1.65 bits per heavy atom. The molecule has 1 aromatic heterocycles. The van der Waals surface area contributed by atoms with Crippen LogP contribution in [0.5, 0.6) is 23.0 Å². The van der Waals surface area contributed by atoms with E-state index in [1.54, 1.807) is 12.1 Å². The van der Waals surface area contributed by atoms with Gasteiger partial charge in [0.15, 0.2) is 5.58 Å². The van der Waals surface area contributed by atoms with Crippen LogP contribution in [0, 0.1) is 0 Å². The van der Waals surface area contributed by atoms with Gasteiger partial charge in [-0.1, -0.05) is 23.3 Å². The fraction of sp³-hybridized carbons (Fsp3) is 0.323. The summed E-state index contributed by atoms with van der Waals surface area (Å²) >= 11 is 0.